The molecule has 2 heteroatoms. The number of hydrogen-bond donors (Lipinski definition) is 0. The second-order valence-corrected chi connectivity index (χ2v) is 3.42. The van der Waals surface area contributed by atoms with Gasteiger partial charge in [-0.25, -0.2) is 0 Å². The number of hydrogen-bond acceptors (Lipinski definition) is 1. The van der Waals surface area contributed by atoms with Crippen molar-refractivity contribution in [3.8, 4) is 0 Å². The zero-order valence-corrected chi connectivity index (χ0v) is 9.77. The molecule has 61 valence electrons. The first-order valence-electron chi connectivity index (χ1n) is 3.43. The molecule has 1 radical (unpaired) electrons. The monoisotopic (exact) mass is 321 g/mol. The number of pyridine rings is 1. The molecule has 1 nitrogen and oxygen atoms in total. The Kier molecular flexibility index (Phi) is 3.93. The smallest absolute Gasteiger partial charge is 0 e. The predicted octanol–water partition coefficient (Wildman–Crippen LogP) is 2.18. The number of aromatic nitrogens is 1. The molecule has 0 atom stereocenters. The van der Waals surface area contributed by atoms with E-state index in [1.807, 2.05) is 12.1 Å². The Morgan fingerprint density at radius 3 is 2.27 bits per heavy atom. The number of nitrogens with zero attached hydrogens (tertiary/aromatic N) is 1. The van der Waals surface area contributed by atoms with E-state index in [1.54, 1.807) is 6.20 Å². The van der Waals surface area contributed by atoms with Crippen molar-refractivity contribution in [3.63, 3.8) is 0 Å². The van der Waals surface area contributed by atoms with Crippen molar-refractivity contribution < 1.29 is 20.4 Å². The third-order valence-corrected chi connectivity index (χ3v) is 1.49. The summed E-state index contributed by atoms with van der Waals surface area (Å²) in [5, 5.41) is 0. The molecule has 0 aliphatic carbocycles. The average Bonchev–Trinajstić information content (AvgIpc) is 1.88. The van der Waals surface area contributed by atoms with Gasteiger partial charge in [-0.05, 0) is 0 Å². The van der Waals surface area contributed by atoms with Gasteiger partial charge in [-0.3, -0.25) is 0 Å². The van der Waals surface area contributed by atoms with Crippen LogP contribution in [-0.2, 0) is 25.8 Å². The van der Waals surface area contributed by atoms with Crippen LogP contribution in [0.1, 0.15) is 26.3 Å². The maximum absolute atomic E-state index is 3.83. The summed E-state index contributed by atoms with van der Waals surface area (Å²) in [6.07, 6.45) is 4.60. The molecular weight excluding hydrogens is 308 g/mol. The van der Waals surface area contributed by atoms with Crippen molar-refractivity contribution in [1.82, 2.24) is 4.98 Å². The maximum Gasteiger partial charge on any atom is 0 e. The Morgan fingerprint density at radius 1 is 1.36 bits per heavy atom. The van der Waals surface area contributed by atoms with E-state index in [0.29, 0.717) is 0 Å². The summed E-state index contributed by atoms with van der Waals surface area (Å²) in [6, 6.07) is 3.95. The average molecular weight is 320 g/mol. The van der Waals surface area contributed by atoms with Crippen LogP contribution >= 0.6 is 0 Å². The van der Waals surface area contributed by atoms with E-state index in [9.17, 15) is 0 Å². The summed E-state index contributed by atoms with van der Waals surface area (Å²) < 4.78 is 0. The fourth-order valence-corrected chi connectivity index (χ4v) is 0.782. The molecule has 0 bridgehead atoms. The van der Waals surface area contributed by atoms with E-state index in [1.165, 1.54) is 5.56 Å². The zero-order valence-electron chi connectivity index (χ0n) is 7.06. The number of rotatable bonds is 0. The molecule has 0 saturated heterocycles. The van der Waals surface area contributed by atoms with Crippen molar-refractivity contribution in [2.45, 2.75) is 26.2 Å². The molecule has 1 rings (SSSR count). The normalized spacial score (nSPS) is 10.5. The first-order chi connectivity index (χ1) is 4.61. The van der Waals surface area contributed by atoms with Gasteiger partial charge in [0.05, 0.1) is 0 Å². The minimum Gasteiger partial charge on any atom is -0.394 e. The van der Waals surface area contributed by atoms with E-state index in [4.69, 9.17) is 0 Å². The Labute approximate surface area is 81.9 Å². The molecular formula is C9H12NRe-. The van der Waals surface area contributed by atoms with E-state index in [2.05, 4.69) is 32.0 Å². The van der Waals surface area contributed by atoms with E-state index in [-0.39, 0.29) is 25.8 Å². The van der Waals surface area contributed by atoms with Crippen LogP contribution in [0.2, 0.25) is 0 Å². The van der Waals surface area contributed by atoms with Crippen molar-refractivity contribution in [2.75, 3.05) is 0 Å². The van der Waals surface area contributed by atoms with E-state index >= 15 is 0 Å². The van der Waals surface area contributed by atoms with Gasteiger partial charge < -0.3 is 4.98 Å². The minimum atomic E-state index is 0. The quantitative estimate of drug-likeness (QED) is 0.668. The molecule has 1 aromatic rings. The van der Waals surface area contributed by atoms with Crippen LogP contribution in [0.5, 0.6) is 0 Å². The summed E-state index contributed by atoms with van der Waals surface area (Å²) in [6.45, 7) is 6.53. The predicted molar refractivity (Wildman–Crippen MR) is 41.8 cm³/mol. The summed E-state index contributed by atoms with van der Waals surface area (Å²) in [5.41, 5.74) is 1.50. The molecule has 0 amide bonds. The van der Waals surface area contributed by atoms with Crippen molar-refractivity contribution in [1.29, 1.82) is 0 Å². The molecule has 0 saturated carbocycles. The van der Waals surface area contributed by atoms with Gasteiger partial charge in [0, 0.05) is 20.4 Å². The topological polar surface area (TPSA) is 12.9 Å². The summed E-state index contributed by atoms with van der Waals surface area (Å²) in [4.78, 5) is 3.83. The van der Waals surface area contributed by atoms with Crippen molar-refractivity contribution in [2.24, 2.45) is 0 Å². The SMILES string of the molecule is CC(C)(C)c1c[c-]ncc1.[Re]. The molecule has 0 aliphatic rings. The zero-order chi connectivity index (χ0) is 7.61. The molecule has 0 spiro atoms. The molecule has 0 aliphatic heterocycles. The van der Waals surface area contributed by atoms with Gasteiger partial charge in [0.2, 0.25) is 0 Å². The minimum absolute atomic E-state index is 0. The third kappa shape index (κ3) is 3.14. The van der Waals surface area contributed by atoms with Gasteiger partial charge in [0.15, 0.2) is 0 Å². The largest absolute Gasteiger partial charge is 0.394 e. The van der Waals surface area contributed by atoms with Gasteiger partial charge in [-0.15, -0.1) is 5.56 Å². The molecule has 1 heterocycles. The van der Waals surface area contributed by atoms with Gasteiger partial charge in [0.1, 0.15) is 0 Å². The van der Waals surface area contributed by atoms with Gasteiger partial charge >= 0.3 is 0 Å². The van der Waals surface area contributed by atoms with Crippen LogP contribution in [0.25, 0.3) is 0 Å². The molecule has 11 heavy (non-hydrogen) atoms. The van der Waals surface area contributed by atoms with Crippen molar-refractivity contribution >= 4 is 0 Å². The fourth-order valence-electron chi connectivity index (χ4n) is 0.782. The van der Waals surface area contributed by atoms with Crippen LogP contribution in [0.4, 0.5) is 0 Å². The Balaban J connectivity index is 0.000001000. The van der Waals surface area contributed by atoms with E-state index < -0.39 is 0 Å². The van der Waals surface area contributed by atoms with Crippen LogP contribution in [0, 0.1) is 6.20 Å². The van der Waals surface area contributed by atoms with Gasteiger partial charge in [-0.2, -0.15) is 12.1 Å². The molecule has 0 unspecified atom stereocenters. The Bertz CT molecular complexity index is 201. The fraction of sp³-hybridized carbons (Fsp3) is 0.444. The maximum atomic E-state index is 3.83. The molecule has 0 aromatic carbocycles. The standard InChI is InChI=1S/C9H12N.Re/c1-9(2,3)8-4-6-10-7-5-8;/h4-6H,1-3H3;/q-1;. The van der Waals surface area contributed by atoms with Crippen LogP contribution in [0.3, 0.4) is 0 Å². The van der Waals surface area contributed by atoms with Gasteiger partial charge in [0.25, 0.3) is 0 Å². The second-order valence-electron chi connectivity index (χ2n) is 3.42. The van der Waals surface area contributed by atoms with Crippen molar-refractivity contribution in [3.05, 3.63) is 30.1 Å². The Hall–Kier alpha value is -0.188. The molecule has 1 aromatic heterocycles. The summed E-state index contributed by atoms with van der Waals surface area (Å²) in [7, 11) is 0. The summed E-state index contributed by atoms with van der Waals surface area (Å²) in [5.74, 6) is 0. The summed E-state index contributed by atoms with van der Waals surface area (Å²) >= 11 is 0. The first kappa shape index (κ1) is 10.8. The Morgan fingerprint density at radius 2 is 2.00 bits per heavy atom. The molecule has 0 N–H and O–H groups in total. The molecule has 0 fully saturated rings. The second kappa shape index (κ2) is 3.99. The van der Waals surface area contributed by atoms with Crippen LogP contribution in [0.15, 0.2) is 18.3 Å². The van der Waals surface area contributed by atoms with Gasteiger partial charge in [-0.1, -0.05) is 38.6 Å². The first-order valence-corrected chi connectivity index (χ1v) is 3.43. The third-order valence-electron chi connectivity index (χ3n) is 1.49. The van der Waals surface area contributed by atoms with Crippen LogP contribution < -0.4 is 0 Å². The van der Waals surface area contributed by atoms with E-state index in [0.717, 1.165) is 0 Å². The van der Waals surface area contributed by atoms with Crippen LogP contribution in [-0.4, -0.2) is 4.98 Å².